The maximum Gasteiger partial charge on any atom is 0.306 e. The summed E-state index contributed by atoms with van der Waals surface area (Å²) in [5.41, 5.74) is 0. The van der Waals surface area contributed by atoms with Crippen LogP contribution in [0.3, 0.4) is 0 Å². The van der Waals surface area contributed by atoms with Gasteiger partial charge in [-0.25, -0.2) is 0 Å². The lowest BCUT2D eigenvalue weighted by atomic mass is 9.96. The van der Waals surface area contributed by atoms with Crippen LogP contribution >= 0.6 is 11.8 Å². The normalized spacial score (nSPS) is 23.8. The van der Waals surface area contributed by atoms with E-state index in [2.05, 4.69) is 15.7 Å². The van der Waals surface area contributed by atoms with Crippen LogP contribution < -0.4 is 4.72 Å². The molecule has 0 bridgehead atoms. The second-order valence-electron chi connectivity index (χ2n) is 4.99. The molecule has 0 aromatic heterocycles. The highest BCUT2D eigenvalue weighted by Crippen LogP contribution is 2.27. The Bertz CT molecular complexity index is 414. The van der Waals surface area contributed by atoms with Gasteiger partial charge in [-0.3, -0.25) is 4.79 Å². The van der Waals surface area contributed by atoms with Crippen LogP contribution in [0.4, 0.5) is 0 Å². The minimum atomic E-state index is -3.53. The third kappa shape index (κ3) is 5.59. The number of carbonyl (C=O) groups is 1. The Labute approximate surface area is 125 Å². The van der Waals surface area contributed by atoms with Crippen LogP contribution in [0.25, 0.3) is 0 Å². The Morgan fingerprint density at radius 2 is 2.15 bits per heavy atom. The zero-order valence-corrected chi connectivity index (χ0v) is 13.9. The number of hydrogen-bond donors (Lipinski definition) is 1. The van der Waals surface area contributed by atoms with Gasteiger partial charge in [0.1, 0.15) is 0 Å². The molecule has 0 radical (unpaired) electrons. The molecule has 0 amide bonds. The van der Waals surface area contributed by atoms with Gasteiger partial charge in [0.25, 0.3) is 10.2 Å². The Morgan fingerprint density at radius 3 is 2.75 bits per heavy atom. The van der Waals surface area contributed by atoms with Crippen molar-refractivity contribution >= 4 is 27.9 Å². The summed E-state index contributed by atoms with van der Waals surface area (Å²) in [5.74, 6) is -0.410. The molecule has 20 heavy (non-hydrogen) atoms. The molecule has 1 saturated carbocycles. The van der Waals surface area contributed by atoms with Gasteiger partial charge in [0.05, 0.1) is 13.5 Å². The SMILES string of the molecule is COC(=O)CCN(C)S(=O)(=O)NC1CCCC(SC)C1. The third-order valence-electron chi connectivity index (χ3n) is 3.54. The Morgan fingerprint density at radius 1 is 1.45 bits per heavy atom. The Balaban J connectivity index is 2.49. The van der Waals surface area contributed by atoms with E-state index in [9.17, 15) is 13.2 Å². The monoisotopic (exact) mass is 324 g/mol. The Kier molecular flexibility index (Phi) is 7.28. The van der Waals surface area contributed by atoms with Crippen molar-refractivity contribution in [2.75, 3.05) is 27.0 Å². The van der Waals surface area contributed by atoms with Gasteiger partial charge in [0.15, 0.2) is 0 Å². The first-order valence-corrected chi connectivity index (χ1v) is 9.45. The number of ether oxygens (including phenoxy) is 1. The average Bonchev–Trinajstić information content (AvgIpc) is 2.43. The second kappa shape index (κ2) is 8.21. The van der Waals surface area contributed by atoms with Gasteiger partial charge in [-0.2, -0.15) is 29.2 Å². The molecule has 0 heterocycles. The molecule has 0 aromatic rings. The number of nitrogens with zero attached hydrogens (tertiary/aromatic N) is 1. The number of esters is 1. The molecule has 1 N–H and O–H groups in total. The fourth-order valence-corrected chi connectivity index (χ4v) is 4.21. The van der Waals surface area contributed by atoms with E-state index >= 15 is 0 Å². The summed E-state index contributed by atoms with van der Waals surface area (Å²) in [4.78, 5) is 11.0. The topological polar surface area (TPSA) is 75.7 Å². The van der Waals surface area contributed by atoms with E-state index in [1.165, 1.54) is 18.5 Å². The number of rotatable bonds is 7. The number of methoxy groups -OCH3 is 1. The first-order valence-electron chi connectivity index (χ1n) is 6.72. The third-order valence-corrected chi connectivity index (χ3v) is 6.27. The first-order chi connectivity index (χ1) is 9.39. The smallest absolute Gasteiger partial charge is 0.306 e. The summed E-state index contributed by atoms with van der Waals surface area (Å²) in [7, 11) is -0.765. The largest absolute Gasteiger partial charge is 0.469 e. The van der Waals surface area contributed by atoms with E-state index < -0.39 is 16.2 Å². The van der Waals surface area contributed by atoms with Crippen molar-refractivity contribution in [3.05, 3.63) is 0 Å². The van der Waals surface area contributed by atoms with Gasteiger partial charge in [0, 0.05) is 24.9 Å². The van der Waals surface area contributed by atoms with Crippen LogP contribution in [0.15, 0.2) is 0 Å². The second-order valence-corrected chi connectivity index (χ2v) is 7.94. The molecular weight excluding hydrogens is 300 g/mol. The highest BCUT2D eigenvalue weighted by atomic mass is 32.2. The van der Waals surface area contributed by atoms with E-state index in [4.69, 9.17) is 0 Å². The van der Waals surface area contributed by atoms with Crippen molar-refractivity contribution in [2.24, 2.45) is 0 Å². The minimum absolute atomic E-state index is 0.00761. The van der Waals surface area contributed by atoms with E-state index in [-0.39, 0.29) is 19.0 Å². The highest BCUT2D eigenvalue weighted by molar-refractivity contribution is 7.99. The number of hydrogen-bond acceptors (Lipinski definition) is 5. The molecule has 0 spiro atoms. The number of carbonyl (C=O) groups excluding carboxylic acids is 1. The predicted octanol–water partition coefficient (Wildman–Crippen LogP) is 0.990. The number of nitrogens with one attached hydrogen (secondary N) is 1. The molecule has 2 atom stereocenters. The molecule has 8 heteroatoms. The van der Waals surface area contributed by atoms with E-state index in [1.807, 2.05) is 0 Å². The van der Waals surface area contributed by atoms with E-state index in [0.29, 0.717) is 5.25 Å². The molecule has 118 valence electrons. The van der Waals surface area contributed by atoms with Crippen molar-refractivity contribution < 1.29 is 17.9 Å². The maximum absolute atomic E-state index is 12.2. The lowest BCUT2D eigenvalue weighted by Gasteiger charge is -2.30. The molecule has 0 saturated heterocycles. The molecule has 6 nitrogen and oxygen atoms in total. The molecule has 0 aromatic carbocycles. The molecule has 1 rings (SSSR count). The molecular formula is C12H24N2O4S2. The lowest BCUT2D eigenvalue weighted by molar-refractivity contribution is -0.140. The fourth-order valence-electron chi connectivity index (χ4n) is 2.24. The maximum atomic E-state index is 12.2. The van der Waals surface area contributed by atoms with Gasteiger partial charge in [-0.05, 0) is 25.5 Å². The molecule has 0 aliphatic heterocycles. The van der Waals surface area contributed by atoms with Crippen LogP contribution in [-0.4, -0.2) is 56.9 Å². The summed E-state index contributed by atoms with van der Waals surface area (Å²) in [6.45, 7) is 0.126. The number of thioether (sulfide) groups is 1. The lowest BCUT2D eigenvalue weighted by Crippen LogP contribution is -2.46. The van der Waals surface area contributed by atoms with Crippen molar-refractivity contribution in [3.63, 3.8) is 0 Å². The van der Waals surface area contributed by atoms with Crippen molar-refractivity contribution in [2.45, 2.75) is 43.4 Å². The van der Waals surface area contributed by atoms with Gasteiger partial charge in [-0.15, -0.1) is 0 Å². The van der Waals surface area contributed by atoms with Crippen LogP contribution in [0.1, 0.15) is 32.1 Å². The standard InChI is InChI=1S/C12H24N2O4S2/c1-14(8-7-12(15)18-2)20(16,17)13-10-5-4-6-11(9-10)19-3/h10-11,13H,4-9H2,1-3H3. The Hall–Kier alpha value is -0.310. The van der Waals surface area contributed by atoms with Crippen molar-refractivity contribution in [1.29, 1.82) is 0 Å². The summed E-state index contributed by atoms with van der Waals surface area (Å²) in [6.07, 6.45) is 6.06. The van der Waals surface area contributed by atoms with Crippen LogP contribution in [-0.2, 0) is 19.7 Å². The zero-order valence-electron chi connectivity index (χ0n) is 12.3. The van der Waals surface area contributed by atoms with Gasteiger partial charge in [-0.1, -0.05) is 6.42 Å². The summed E-state index contributed by atoms with van der Waals surface area (Å²) in [6, 6.07) is -0.00761. The van der Waals surface area contributed by atoms with Gasteiger partial charge >= 0.3 is 5.97 Å². The first kappa shape index (κ1) is 17.7. The van der Waals surface area contributed by atoms with E-state index in [1.54, 1.807) is 11.8 Å². The van der Waals surface area contributed by atoms with Crippen LogP contribution in [0.2, 0.25) is 0 Å². The quantitative estimate of drug-likeness (QED) is 0.707. The van der Waals surface area contributed by atoms with Crippen molar-refractivity contribution in [1.82, 2.24) is 9.03 Å². The van der Waals surface area contributed by atoms with Gasteiger partial charge < -0.3 is 4.74 Å². The summed E-state index contributed by atoms with van der Waals surface area (Å²) >= 11 is 1.79. The minimum Gasteiger partial charge on any atom is -0.469 e. The highest BCUT2D eigenvalue weighted by Gasteiger charge is 2.27. The molecule has 1 aliphatic rings. The molecule has 1 fully saturated rings. The van der Waals surface area contributed by atoms with Gasteiger partial charge in [0.2, 0.25) is 0 Å². The van der Waals surface area contributed by atoms with E-state index in [0.717, 1.165) is 25.7 Å². The predicted molar refractivity (Wildman–Crippen MR) is 80.9 cm³/mol. The summed E-state index contributed by atoms with van der Waals surface area (Å²) < 4.78 is 32.7. The summed E-state index contributed by atoms with van der Waals surface area (Å²) in [5, 5.41) is 0.525. The molecule has 1 aliphatic carbocycles. The average molecular weight is 324 g/mol. The molecule has 2 unspecified atom stereocenters. The zero-order chi connectivity index (χ0) is 15.2. The van der Waals surface area contributed by atoms with Crippen LogP contribution in [0, 0.1) is 0 Å². The van der Waals surface area contributed by atoms with Crippen LogP contribution in [0.5, 0.6) is 0 Å². The van der Waals surface area contributed by atoms with Crippen molar-refractivity contribution in [3.8, 4) is 0 Å². The fraction of sp³-hybridized carbons (Fsp3) is 0.917.